The second-order valence-electron chi connectivity index (χ2n) is 4.52. The highest BCUT2D eigenvalue weighted by Gasteiger charge is 2.47. The summed E-state index contributed by atoms with van der Waals surface area (Å²) in [6, 6.07) is 0. The minimum absolute atomic E-state index is 0.359. The Morgan fingerprint density at radius 3 is 2.80 bits per heavy atom. The number of aryl methyl sites for hydroxylation is 1. The highest BCUT2D eigenvalue weighted by atomic mass is 32.1. The Labute approximate surface area is 93.2 Å². The summed E-state index contributed by atoms with van der Waals surface area (Å²) in [4.78, 5) is 16.6. The molecule has 1 aromatic rings. The molecule has 0 aliphatic heterocycles. The summed E-state index contributed by atoms with van der Waals surface area (Å²) < 4.78 is 0. The number of aliphatic carboxylic acids is 1. The van der Waals surface area contributed by atoms with Gasteiger partial charge in [-0.15, -0.1) is 11.3 Å². The van der Waals surface area contributed by atoms with Gasteiger partial charge in [-0.2, -0.15) is 0 Å². The van der Waals surface area contributed by atoms with Crippen molar-refractivity contribution in [2.75, 3.05) is 0 Å². The zero-order chi connectivity index (χ0) is 11.1. The first-order valence-corrected chi connectivity index (χ1v) is 5.99. The Kier molecular flexibility index (Phi) is 2.54. The van der Waals surface area contributed by atoms with Crippen LogP contribution in [0.1, 0.15) is 29.7 Å². The molecule has 82 valence electrons. The zero-order valence-electron chi connectivity index (χ0n) is 8.99. The monoisotopic (exact) mass is 225 g/mol. The summed E-state index contributed by atoms with van der Waals surface area (Å²) in [6.07, 6.45) is 4.54. The van der Waals surface area contributed by atoms with E-state index in [2.05, 4.69) is 4.98 Å². The normalized spacial score (nSPS) is 19.9. The molecule has 3 nitrogen and oxygen atoms in total. The van der Waals surface area contributed by atoms with Crippen LogP contribution in [0.3, 0.4) is 0 Å². The molecule has 0 radical (unpaired) electrons. The number of hydrogen-bond acceptors (Lipinski definition) is 3. The Morgan fingerprint density at radius 2 is 2.40 bits per heavy atom. The van der Waals surface area contributed by atoms with E-state index in [-0.39, 0.29) is 0 Å². The third-order valence-corrected chi connectivity index (χ3v) is 4.09. The molecule has 1 heterocycles. The van der Waals surface area contributed by atoms with Gasteiger partial charge >= 0.3 is 5.97 Å². The predicted molar refractivity (Wildman–Crippen MR) is 59.0 cm³/mol. The summed E-state index contributed by atoms with van der Waals surface area (Å²) in [5, 5.41) is 10.3. The van der Waals surface area contributed by atoms with Gasteiger partial charge < -0.3 is 5.11 Å². The van der Waals surface area contributed by atoms with Crippen molar-refractivity contribution in [3.8, 4) is 0 Å². The molecule has 1 aliphatic carbocycles. The fourth-order valence-corrected chi connectivity index (χ4v) is 2.93. The average molecular weight is 225 g/mol. The van der Waals surface area contributed by atoms with Gasteiger partial charge in [0, 0.05) is 11.1 Å². The van der Waals surface area contributed by atoms with E-state index in [4.69, 9.17) is 0 Å². The molecule has 1 saturated carbocycles. The second kappa shape index (κ2) is 3.59. The van der Waals surface area contributed by atoms with Crippen LogP contribution in [0.4, 0.5) is 0 Å². The zero-order valence-corrected chi connectivity index (χ0v) is 9.80. The number of carboxylic acid groups (broad SMARTS) is 1. The average Bonchev–Trinajstić information content (AvgIpc) is 2.92. The van der Waals surface area contributed by atoms with Gasteiger partial charge in [-0.05, 0) is 39.0 Å². The number of aromatic nitrogens is 1. The largest absolute Gasteiger partial charge is 0.481 e. The number of rotatable bonds is 4. The topological polar surface area (TPSA) is 50.2 Å². The maximum Gasteiger partial charge on any atom is 0.309 e. The molecular weight excluding hydrogens is 210 g/mol. The molecule has 0 spiro atoms. The van der Waals surface area contributed by atoms with E-state index in [1.165, 1.54) is 0 Å². The number of thiazole rings is 1. The molecule has 0 amide bonds. The Hall–Kier alpha value is -0.900. The summed E-state index contributed by atoms with van der Waals surface area (Å²) in [5.41, 5.74) is -0.584. The van der Waals surface area contributed by atoms with Crippen molar-refractivity contribution in [3.05, 3.63) is 16.1 Å². The summed E-state index contributed by atoms with van der Waals surface area (Å²) >= 11 is 1.60. The quantitative estimate of drug-likeness (QED) is 0.856. The van der Waals surface area contributed by atoms with Gasteiger partial charge in [0.25, 0.3) is 0 Å². The summed E-state index contributed by atoms with van der Waals surface area (Å²) in [5.74, 6) is -0.312. The molecule has 1 aromatic heterocycles. The first-order valence-electron chi connectivity index (χ1n) is 5.17. The maximum atomic E-state index is 11.3. The van der Waals surface area contributed by atoms with E-state index >= 15 is 0 Å². The molecule has 0 bridgehead atoms. The Balaban J connectivity index is 2.16. The van der Waals surface area contributed by atoms with Gasteiger partial charge in [-0.1, -0.05) is 0 Å². The highest BCUT2D eigenvalue weighted by Crippen LogP contribution is 2.48. The van der Waals surface area contributed by atoms with Crippen LogP contribution >= 0.6 is 11.3 Å². The minimum atomic E-state index is -0.670. The van der Waals surface area contributed by atoms with Crippen molar-refractivity contribution in [1.82, 2.24) is 4.98 Å². The fourth-order valence-electron chi connectivity index (χ4n) is 1.96. The van der Waals surface area contributed by atoms with Crippen molar-refractivity contribution >= 4 is 17.3 Å². The van der Waals surface area contributed by atoms with E-state index in [9.17, 15) is 9.90 Å². The molecule has 1 aliphatic rings. The number of carbonyl (C=O) groups is 1. The van der Waals surface area contributed by atoms with Crippen molar-refractivity contribution in [3.63, 3.8) is 0 Å². The highest BCUT2D eigenvalue weighted by molar-refractivity contribution is 7.11. The lowest BCUT2D eigenvalue weighted by Crippen LogP contribution is -2.32. The lowest BCUT2D eigenvalue weighted by atomic mass is 9.81. The SMILES string of the molecule is Cc1ncc(CC(C)(C(=O)O)C2CC2)s1. The van der Waals surface area contributed by atoms with Crippen LogP contribution in [0.5, 0.6) is 0 Å². The van der Waals surface area contributed by atoms with E-state index in [0.717, 1.165) is 22.7 Å². The molecule has 1 unspecified atom stereocenters. The molecule has 15 heavy (non-hydrogen) atoms. The van der Waals surface area contributed by atoms with Crippen molar-refractivity contribution in [2.24, 2.45) is 11.3 Å². The fraction of sp³-hybridized carbons (Fsp3) is 0.636. The van der Waals surface area contributed by atoms with Gasteiger partial charge in [0.05, 0.1) is 10.4 Å². The van der Waals surface area contributed by atoms with E-state index in [0.29, 0.717) is 12.3 Å². The van der Waals surface area contributed by atoms with E-state index in [1.807, 2.05) is 20.0 Å². The van der Waals surface area contributed by atoms with Crippen molar-refractivity contribution in [2.45, 2.75) is 33.1 Å². The Morgan fingerprint density at radius 1 is 1.73 bits per heavy atom. The molecule has 0 aromatic carbocycles. The van der Waals surface area contributed by atoms with Gasteiger partial charge in [-0.25, -0.2) is 4.98 Å². The molecule has 2 rings (SSSR count). The van der Waals surface area contributed by atoms with Gasteiger partial charge in [0.1, 0.15) is 0 Å². The molecule has 4 heteroatoms. The van der Waals surface area contributed by atoms with Gasteiger partial charge in [0.2, 0.25) is 0 Å². The van der Waals surface area contributed by atoms with Crippen LogP contribution in [-0.4, -0.2) is 16.1 Å². The number of nitrogens with zero attached hydrogens (tertiary/aromatic N) is 1. The molecule has 1 atom stereocenters. The van der Waals surface area contributed by atoms with Crippen molar-refractivity contribution < 1.29 is 9.90 Å². The second-order valence-corrected chi connectivity index (χ2v) is 5.84. The Bertz CT molecular complexity index is 384. The van der Waals surface area contributed by atoms with Crippen LogP contribution in [0.2, 0.25) is 0 Å². The third-order valence-electron chi connectivity index (χ3n) is 3.18. The van der Waals surface area contributed by atoms with E-state index < -0.39 is 11.4 Å². The minimum Gasteiger partial charge on any atom is -0.481 e. The molecular formula is C11H15NO2S. The van der Waals surface area contributed by atoms with Crippen molar-refractivity contribution in [1.29, 1.82) is 0 Å². The number of carboxylic acids is 1. The molecule has 1 fully saturated rings. The predicted octanol–water partition coefficient (Wildman–Crippen LogP) is 2.49. The lowest BCUT2D eigenvalue weighted by Gasteiger charge is -2.23. The first kappa shape index (κ1) is 10.6. The molecule has 1 N–H and O–H groups in total. The molecule has 0 saturated heterocycles. The maximum absolute atomic E-state index is 11.3. The van der Waals surface area contributed by atoms with Gasteiger partial charge in [-0.3, -0.25) is 4.79 Å². The first-order chi connectivity index (χ1) is 7.02. The van der Waals surface area contributed by atoms with Crippen LogP contribution in [0.25, 0.3) is 0 Å². The van der Waals surface area contributed by atoms with Crippen LogP contribution in [-0.2, 0) is 11.2 Å². The standard InChI is InChI=1S/C11H15NO2S/c1-7-12-6-9(15-7)5-11(2,10(13)14)8-3-4-8/h6,8H,3-5H2,1-2H3,(H,13,14). The van der Waals surface area contributed by atoms with E-state index in [1.54, 1.807) is 11.3 Å². The van der Waals surface area contributed by atoms with Crippen LogP contribution in [0.15, 0.2) is 6.20 Å². The smallest absolute Gasteiger partial charge is 0.309 e. The van der Waals surface area contributed by atoms with Crippen LogP contribution < -0.4 is 0 Å². The van der Waals surface area contributed by atoms with Gasteiger partial charge in [0.15, 0.2) is 0 Å². The number of hydrogen-bond donors (Lipinski definition) is 1. The summed E-state index contributed by atoms with van der Waals surface area (Å²) in [6.45, 7) is 3.81. The third kappa shape index (κ3) is 2.04. The summed E-state index contributed by atoms with van der Waals surface area (Å²) in [7, 11) is 0. The lowest BCUT2D eigenvalue weighted by molar-refractivity contribution is -0.149. The van der Waals surface area contributed by atoms with Crippen LogP contribution in [0, 0.1) is 18.3 Å².